The summed E-state index contributed by atoms with van der Waals surface area (Å²) in [5.41, 5.74) is 1.38. The van der Waals surface area contributed by atoms with Gasteiger partial charge in [-0.05, 0) is 37.4 Å². The molecule has 0 aliphatic rings. The highest BCUT2D eigenvalue weighted by Gasteiger charge is 2.17. The zero-order chi connectivity index (χ0) is 19.4. The molecule has 0 aliphatic carbocycles. The molecule has 1 aromatic rings. The molecule has 0 radical (unpaired) electrons. The third-order valence-corrected chi connectivity index (χ3v) is 4.62. The van der Waals surface area contributed by atoms with Crippen LogP contribution in [0, 0.1) is 11.8 Å². The van der Waals surface area contributed by atoms with E-state index in [1.165, 1.54) is 5.56 Å². The first-order chi connectivity index (χ1) is 12.4. The Hall–Kier alpha value is -0.940. The molecule has 2 unspecified atom stereocenters. The van der Waals surface area contributed by atoms with Gasteiger partial charge in [-0.15, -0.1) is 0 Å². The van der Waals surface area contributed by atoms with Gasteiger partial charge in [0.1, 0.15) is 0 Å². The summed E-state index contributed by atoms with van der Waals surface area (Å²) in [5, 5.41) is 13.1. The Bertz CT molecular complexity index is 452. The van der Waals surface area contributed by atoms with Gasteiger partial charge in [0.05, 0.1) is 6.61 Å². The molecule has 0 amide bonds. The fraction of sp³-hybridized carbons (Fsp3) is 0.727. The van der Waals surface area contributed by atoms with Gasteiger partial charge < -0.3 is 20.2 Å². The number of hydrogen-bond donors (Lipinski definition) is 2. The molecule has 0 bridgehead atoms. The SMILES string of the molecule is CCNC(CO)CN(CCc1ccccc1)CC(C)CN(C)CC(C)C. The normalized spacial score (nSPS) is 14.3. The highest BCUT2D eigenvalue weighted by atomic mass is 16.3. The highest BCUT2D eigenvalue weighted by Crippen LogP contribution is 2.08. The first kappa shape index (κ1) is 23.1. The molecule has 0 fully saturated rings. The maximum absolute atomic E-state index is 9.67. The van der Waals surface area contributed by atoms with Crippen LogP contribution >= 0.6 is 0 Å². The summed E-state index contributed by atoms with van der Waals surface area (Å²) in [5.74, 6) is 1.31. The van der Waals surface area contributed by atoms with E-state index in [2.05, 4.69) is 80.2 Å². The minimum absolute atomic E-state index is 0.149. The van der Waals surface area contributed by atoms with E-state index in [4.69, 9.17) is 0 Å². The molecule has 0 aromatic heterocycles. The number of benzene rings is 1. The summed E-state index contributed by atoms with van der Waals surface area (Å²) < 4.78 is 0. The lowest BCUT2D eigenvalue weighted by molar-refractivity contribution is 0.155. The molecule has 0 spiro atoms. The third kappa shape index (κ3) is 10.3. The zero-order valence-corrected chi connectivity index (χ0v) is 17.6. The quantitative estimate of drug-likeness (QED) is 0.533. The van der Waals surface area contributed by atoms with E-state index < -0.39 is 0 Å². The molecule has 0 aliphatic heterocycles. The van der Waals surface area contributed by atoms with Gasteiger partial charge in [-0.25, -0.2) is 0 Å². The van der Waals surface area contributed by atoms with Crippen molar-refractivity contribution in [1.82, 2.24) is 15.1 Å². The van der Waals surface area contributed by atoms with Crippen LogP contribution in [0.4, 0.5) is 0 Å². The Morgan fingerprint density at radius 3 is 2.27 bits per heavy atom. The predicted molar refractivity (Wildman–Crippen MR) is 113 cm³/mol. The number of nitrogens with one attached hydrogen (secondary N) is 1. The average Bonchev–Trinajstić information content (AvgIpc) is 2.59. The molecule has 1 rings (SSSR count). The summed E-state index contributed by atoms with van der Waals surface area (Å²) in [6.07, 6.45) is 1.06. The molecular weight excluding hydrogens is 322 g/mol. The second-order valence-corrected chi connectivity index (χ2v) is 8.15. The van der Waals surface area contributed by atoms with E-state index in [-0.39, 0.29) is 12.6 Å². The third-order valence-electron chi connectivity index (χ3n) is 4.62. The highest BCUT2D eigenvalue weighted by molar-refractivity contribution is 5.14. The molecule has 0 saturated heterocycles. The van der Waals surface area contributed by atoms with Gasteiger partial charge in [-0.3, -0.25) is 0 Å². The molecule has 2 atom stereocenters. The lowest BCUT2D eigenvalue weighted by Crippen LogP contribution is -2.46. The summed E-state index contributed by atoms with van der Waals surface area (Å²) >= 11 is 0. The lowest BCUT2D eigenvalue weighted by Gasteiger charge is -2.31. The first-order valence-corrected chi connectivity index (χ1v) is 10.2. The fourth-order valence-corrected chi connectivity index (χ4v) is 3.70. The number of aliphatic hydroxyl groups is 1. The summed E-state index contributed by atoms with van der Waals surface area (Å²) in [6.45, 7) is 15.3. The fourth-order valence-electron chi connectivity index (χ4n) is 3.70. The Kier molecular flexibility index (Phi) is 11.8. The zero-order valence-electron chi connectivity index (χ0n) is 17.6. The molecule has 150 valence electrons. The standard InChI is InChI=1S/C22H41N3O/c1-6-23-22(18-26)17-25(13-12-21-10-8-7-9-11-21)16-20(4)15-24(5)14-19(2)3/h7-11,19-20,22-23,26H,6,12-18H2,1-5H3. The number of likely N-dealkylation sites (N-methyl/N-ethyl adjacent to an activating group) is 1. The van der Waals surface area contributed by atoms with Crippen LogP contribution in [0.3, 0.4) is 0 Å². The van der Waals surface area contributed by atoms with Crippen molar-refractivity contribution in [3.05, 3.63) is 35.9 Å². The minimum Gasteiger partial charge on any atom is -0.395 e. The van der Waals surface area contributed by atoms with Crippen LogP contribution in [0.25, 0.3) is 0 Å². The van der Waals surface area contributed by atoms with Crippen LogP contribution in [0.1, 0.15) is 33.3 Å². The second-order valence-electron chi connectivity index (χ2n) is 8.15. The molecule has 4 nitrogen and oxygen atoms in total. The minimum atomic E-state index is 0.149. The van der Waals surface area contributed by atoms with Crippen LogP contribution in [0.15, 0.2) is 30.3 Å². The molecule has 0 heterocycles. The van der Waals surface area contributed by atoms with Crippen LogP contribution < -0.4 is 5.32 Å². The Morgan fingerprint density at radius 1 is 1.00 bits per heavy atom. The lowest BCUT2D eigenvalue weighted by atomic mass is 10.1. The molecule has 1 aromatic carbocycles. The largest absolute Gasteiger partial charge is 0.395 e. The monoisotopic (exact) mass is 363 g/mol. The molecule has 4 heteroatoms. The van der Waals surface area contributed by atoms with E-state index in [9.17, 15) is 5.11 Å². The van der Waals surface area contributed by atoms with Crippen molar-refractivity contribution in [2.24, 2.45) is 11.8 Å². The Morgan fingerprint density at radius 2 is 1.69 bits per heavy atom. The summed E-state index contributed by atoms with van der Waals surface area (Å²) in [6, 6.07) is 10.8. The number of rotatable bonds is 14. The van der Waals surface area contributed by atoms with E-state index in [0.717, 1.165) is 45.7 Å². The van der Waals surface area contributed by atoms with Crippen molar-refractivity contribution >= 4 is 0 Å². The van der Waals surface area contributed by atoms with Crippen LogP contribution in [0.2, 0.25) is 0 Å². The first-order valence-electron chi connectivity index (χ1n) is 10.2. The summed E-state index contributed by atoms with van der Waals surface area (Å²) in [7, 11) is 2.22. The maximum atomic E-state index is 9.67. The van der Waals surface area contributed by atoms with Gasteiger partial charge in [0.25, 0.3) is 0 Å². The number of hydrogen-bond acceptors (Lipinski definition) is 4. The van der Waals surface area contributed by atoms with Gasteiger partial charge in [0.2, 0.25) is 0 Å². The van der Waals surface area contributed by atoms with Crippen molar-refractivity contribution in [1.29, 1.82) is 0 Å². The van der Waals surface area contributed by atoms with Gasteiger partial charge >= 0.3 is 0 Å². The van der Waals surface area contributed by atoms with Crippen molar-refractivity contribution in [3.8, 4) is 0 Å². The van der Waals surface area contributed by atoms with E-state index in [1.807, 2.05) is 0 Å². The van der Waals surface area contributed by atoms with Gasteiger partial charge in [0, 0.05) is 38.8 Å². The van der Waals surface area contributed by atoms with Crippen molar-refractivity contribution in [3.63, 3.8) is 0 Å². The average molecular weight is 364 g/mol. The van der Waals surface area contributed by atoms with Crippen LogP contribution in [-0.4, -0.2) is 73.9 Å². The predicted octanol–water partition coefficient (Wildman–Crippen LogP) is 2.73. The van der Waals surface area contributed by atoms with Crippen molar-refractivity contribution in [2.75, 3.05) is 52.9 Å². The Balaban J connectivity index is 2.60. The number of nitrogens with zero attached hydrogens (tertiary/aromatic N) is 2. The molecule has 26 heavy (non-hydrogen) atoms. The van der Waals surface area contributed by atoms with Crippen LogP contribution in [0.5, 0.6) is 0 Å². The smallest absolute Gasteiger partial charge is 0.0597 e. The van der Waals surface area contributed by atoms with E-state index >= 15 is 0 Å². The number of aliphatic hydroxyl groups excluding tert-OH is 1. The molecular formula is C22H41N3O. The Labute approximate surface area is 161 Å². The molecule has 2 N–H and O–H groups in total. The summed E-state index contributed by atoms with van der Waals surface area (Å²) in [4.78, 5) is 4.96. The van der Waals surface area contributed by atoms with Crippen molar-refractivity contribution < 1.29 is 5.11 Å². The van der Waals surface area contributed by atoms with Gasteiger partial charge in [-0.2, -0.15) is 0 Å². The van der Waals surface area contributed by atoms with E-state index in [0.29, 0.717) is 11.8 Å². The van der Waals surface area contributed by atoms with Crippen LogP contribution in [-0.2, 0) is 6.42 Å². The molecule has 0 saturated carbocycles. The maximum Gasteiger partial charge on any atom is 0.0597 e. The second kappa shape index (κ2) is 13.3. The topological polar surface area (TPSA) is 38.7 Å². The van der Waals surface area contributed by atoms with E-state index in [1.54, 1.807) is 0 Å². The van der Waals surface area contributed by atoms with Crippen molar-refractivity contribution in [2.45, 2.75) is 40.2 Å². The van der Waals surface area contributed by atoms with Gasteiger partial charge in [0.15, 0.2) is 0 Å². The van der Waals surface area contributed by atoms with Gasteiger partial charge in [-0.1, -0.05) is 58.0 Å².